The van der Waals surface area contributed by atoms with Crippen molar-refractivity contribution >= 4 is 33.8 Å². The molecule has 7 aromatic rings. The average molecular weight is 751 g/mol. The normalized spacial score (nSPS) is 19.6. The molecule has 0 radical (unpaired) electrons. The van der Waals surface area contributed by atoms with E-state index in [0.717, 1.165) is 64.1 Å². The summed E-state index contributed by atoms with van der Waals surface area (Å²) in [7, 11) is 0. The monoisotopic (exact) mass is 750 g/mol. The topological polar surface area (TPSA) is 38.9 Å². The maximum Gasteiger partial charge on any atom is 0.160 e. The van der Waals surface area contributed by atoms with E-state index in [0.29, 0.717) is 11.7 Å². The number of benzene rings is 5. The van der Waals surface area contributed by atoms with E-state index in [9.17, 15) is 0 Å². The fourth-order valence-electron chi connectivity index (χ4n) is 11.6. The summed E-state index contributed by atoms with van der Waals surface area (Å²) in [6, 6.07) is 46.1. The minimum atomic E-state index is 0.0410. The van der Waals surface area contributed by atoms with Crippen LogP contribution in [0.2, 0.25) is 0 Å². The molecule has 2 aromatic heterocycles. The molecule has 1 spiro atoms. The molecular weight excluding hydrogens is 705 g/mol. The molecule has 3 heteroatoms. The Hall–Kier alpha value is -6.06. The average Bonchev–Trinajstić information content (AvgIpc) is 3.86. The lowest BCUT2D eigenvalue weighted by molar-refractivity contribution is 0.348. The largest absolute Gasteiger partial charge is 0.460 e. The number of rotatable bonds is 4. The first-order chi connectivity index (χ1) is 28.5. The van der Waals surface area contributed by atoms with Gasteiger partial charge in [0.2, 0.25) is 0 Å². The third kappa shape index (κ3) is 4.98. The Morgan fingerprint density at radius 3 is 2.17 bits per heavy atom. The van der Waals surface area contributed by atoms with Crippen molar-refractivity contribution in [1.82, 2.24) is 9.97 Å². The van der Waals surface area contributed by atoms with Crippen LogP contribution in [-0.2, 0) is 17.3 Å². The van der Waals surface area contributed by atoms with Crippen LogP contribution in [0, 0.1) is 5.92 Å². The summed E-state index contributed by atoms with van der Waals surface area (Å²) in [6.07, 6.45) is 14.7. The smallest absolute Gasteiger partial charge is 0.160 e. The van der Waals surface area contributed by atoms with Gasteiger partial charge in [0.1, 0.15) is 11.3 Å². The molecule has 5 aromatic carbocycles. The van der Waals surface area contributed by atoms with Crippen molar-refractivity contribution in [1.29, 1.82) is 0 Å². The summed E-state index contributed by atoms with van der Waals surface area (Å²) in [5.74, 6) is 2.25. The highest BCUT2D eigenvalue weighted by Gasteiger charge is 2.51. The van der Waals surface area contributed by atoms with Crippen LogP contribution in [0.5, 0.6) is 0 Å². The second-order valence-corrected chi connectivity index (χ2v) is 17.9. The second kappa shape index (κ2) is 12.7. The molecule has 3 nitrogen and oxygen atoms in total. The summed E-state index contributed by atoms with van der Waals surface area (Å²) >= 11 is 0. The van der Waals surface area contributed by atoms with Crippen molar-refractivity contribution in [2.24, 2.45) is 5.92 Å². The minimum absolute atomic E-state index is 0.0410. The number of aryl methyl sites for hydroxylation is 1. The van der Waals surface area contributed by atoms with Crippen molar-refractivity contribution in [3.8, 4) is 33.9 Å². The van der Waals surface area contributed by atoms with Gasteiger partial charge in [0.05, 0.1) is 11.4 Å². The zero-order valence-electron chi connectivity index (χ0n) is 33.3. The van der Waals surface area contributed by atoms with E-state index in [1.807, 2.05) is 24.3 Å². The fraction of sp³-hybridized carbons (Fsp3) is 0.236. The van der Waals surface area contributed by atoms with Crippen LogP contribution in [-0.4, -0.2) is 9.97 Å². The Bertz CT molecular complexity index is 2860. The highest BCUT2D eigenvalue weighted by molar-refractivity contribution is 6.02. The van der Waals surface area contributed by atoms with Crippen LogP contribution >= 0.6 is 0 Å². The van der Waals surface area contributed by atoms with Gasteiger partial charge < -0.3 is 4.42 Å². The molecule has 58 heavy (non-hydrogen) atoms. The molecule has 0 amide bonds. The predicted octanol–water partition coefficient (Wildman–Crippen LogP) is 14.1. The zero-order chi connectivity index (χ0) is 38.6. The van der Waals surface area contributed by atoms with Gasteiger partial charge >= 0.3 is 0 Å². The van der Waals surface area contributed by atoms with Gasteiger partial charge in [0, 0.05) is 39.5 Å². The molecule has 1 saturated carbocycles. The maximum atomic E-state index is 6.81. The SMILES string of the molecule is CC1(C)c2cc(C3=Cc4c(oc5c(-c6cc(-c7ccccc7)nc(-c7ccccc7)n6)cccc45)CC3)ccc2C2=CC3=C(CC21)c1ccccc1C31CCCCC1. The lowest BCUT2D eigenvalue weighted by atomic mass is 9.64. The van der Waals surface area contributed by atoms with Crippen molar-refractivity contribution in [3.63, 3.8) is 0 Å². The number of allylic oxidation sites excluding steroid dienone is 5. The lowest BCUT2D eigenvalue weighted by Gasteiger charge is -2.39. The van der Waals surface area contributed by atoms with E-state index in [2.05, 4.69) is 129 Å². The van der Waals surface area contributed by atoms with E-state index in [4.69, 9.17) is 14.4 Å². The first kappa shape index (κ1) is 34.0. The molecule has 2 heterocycles. The number of nitrogens with zero attached hydrogens (tertiary/aromatic N) is 2. The summed E-state index contributed by atoms with van der Waals surface area (Å²) < 4.78 is 6.81. The Morgan fingerprint density at radius 2 is 1.34 bits per heavy atom. The quantitative estimate of drug-likeness (QED) is 0.180. The minimum Gasteiger partial charge on any atom is -0.460 e. The number of hydrogen-bond acceptors (Lipinski definition) is 3. The van der Waals surface area contributed by atoms with E-state index >= 15 is 0 Å². The Labute approximate surface area is 340 Å². The Balaban J connectivity index is 0.929. The first-order valence-electron chi connectivity index (χ1n) is 21.4. The van der Waals surface area contributed by atoms with Crippen molar-refractivity contribution in [2.45, 2.75) is 76.0 Å². The van der Waals surface area contributed by atoms with Gasteiger partial charge in [-0.2, -0.15) is 0 Å². The van der Waals surface area contributed by atoms with E-state index in [1.54, 1.807) is 22.3 Å². The van der Waals surface area contributed by atoms with Gasteiger partial charge in [-0.15, -0.1) is 0 Å². The van der Waals surface area contributed by atoms with Gasteiger partial charge in [-0.05, 0) is 105 Å². The van der Waals surface area contributed by atoms with Crippen LogP contribution in [0.1, 0.15) is 97.9 Å². The third-order valence-corrected chi connectivity index (χ3v) is 14.5. The molecule has 282 valence electrons. The van der Waals surface area contributed by atoms with Crippen LogP contribution < -0.4 is 0 Å². The third-order valence-electron chi connectivity index (χ3n) is 14.5. The first-order valence-corrected chi connectivity index (χ1v) is 21.4. The Morgan fingerprint density at radius 1 is 0.603 bits per heavy atom. The van der Waals surface area contributed by atoms with E-state index in [1.165, 1.54) is 65.5 Å². The van der Waals surface area contributed by atoms with Crippen LogP contribution in [0.15, 0.2) is 143 Å². The molecule has 1 fully saturated rings. The van der Waals surface area contributed by atoms with Gasteiger partial charge in [0.15, 0.2) is 5.82 Å². The summed E-state index contributed by atoms with van der Waals surface area (Å²) in [5.41, 5.74) is 20.9. The number of furan rings is 1. The van der Waals surface area contributed by atoms with Crippen LogP contribution in [0.3, 0.4) is 0 Å². The zero-order valence-corrected chi connectivity index (χ0v) is 33.3. The molecule has 0 bridgehead atoms. The molecule has 12 rings (SSSR count). The summed E-state index contributed by atoms with van der Waals surface area (Å²) in [6.45, 7) is 5.00. The number of fused-ring (bicyclic) bond motifs is 10. The van der Waals surface area contributed by atoms with Gasteiger partial charge in [-0.1, -0.05) is 154 Å². The van der Waals surface area contributed by atoms with Crippen molar-refractivity contribution < 1.29 is 4.42 Å². The molecule has 0 aliphatic heterocycles. The Kier molecular flexibility index (Phi) is 7.46. The molecule has 0 saturated heterocycles. The second-order valence-electron chi connectivity index (χ2n) is 17.9. The molecule has 1 atom stereocenters. The molecular formula is C55H46N2O. The summed E-state index contributed by atoms with van der Waals surface area (Å²) in [5, 5.41) is 1.14. The molecule has 1 unspecified atom stereocenters. The maximum absolute atomic E-state index is 6.81. The molecule has 5 aliphatic carbocycles. The molecule has 0 N–H and O–H groups in total. The highest BCUT2D eigenvalue weighted by atomic mass is 16.3. The molecule has 5 aliphatic rings. The lowest BCUT2D eigenvalue weighted by Crippen LogP contribution is -2.30. The van der Waals surface area contributed by atoms with Gasteiger partial charge in [-0.25, -0.2) is 9.97 Å². The van der Waals surface area contributed by atoms with Crippen molar-refractivity contribution in [2.75, 3.05) is 0 Å². The number of para-hydroxylation sites is 1. The van der Waals surface area contributed by atoms with Crippen LogP contribution in [0.4, 0.5) is 0 Å². The predicted molar refractivity (Wildman–Crippen MR) is 238 cm³/mol. The van der Waals surface area contributed by atoms with E-state index in [-0.39, 0.29) is 10.8 Å². The fourth-order valence-corrected chi connectivity index (χ4v) is 11.6. The number of hydrogen-bond donors (Lipinski definition) is 0. The van der Waals surface area contributed by atoms with Crippen LogP contribution in [0.25, 0.3) is 67.7 Å². The van der Waals surface area contributed by atoms with Gasteiger partial charge in [-0.3, -0.25) is 0 Å². The highest BCUT2D eigenvalue weighted by Crippen LogP contribution is 2.63. The van der Waals surface area contributed by atoms with E-state index < -0.39 is 0 Å². The standard InChI is InChI=1S/C55H46N2O/c1-54(2)46-30-37(23-25-39(46)42-32-48-43(31-47(42)54)38-19-10-11-22-45(38)55(48)27-12-5-13-28-55)36-24-26-51-44(29-36)40-20-14-21-41(52(40)58-51)50-33-49(34-15-6-3-7-16-34)56-53(57-50)35-17-8-4-9-18-35/h3-4,6-11,14-23,25,29-30,32-33,47H,5,12-13,24,26-28,31H2,1-2H3. The van der Waals surface area contributed by atoms with Crippen molar-refractivity contribution in [3.05, 3.63) is 178 Å². The number of aromatic nitrogens is 2. The summed E-state index contributed by atoms with van der Waals surface area (Å²) in [4.78, 5) is 10.2. The van der Waals surface area contributed by atoms with Gasteiger partial charge in [0.25, 0.3) is 0 Å².